The van der Waals surface area contributed by atoms with Crippen LogP contribution in [-0.4, -0.2) is 11.1 Å². The van der Waals surface area contributed by atoms with Gasteiger partial charge < -0.3 is 14.3 Å². The minimum absolute atomic E-state index is 0.700. The predicted molar refractivity (Wildman–Crippen MR) is 77.1 cm³/mol. The maximum absolute atomic E-state index is 8.89. The molecule has 0 unspecified atom stereocenters. The molecule has 4 heteroatoms. The molecule has 2 heterocycles. The third kappa shape index (κ3) is 2.58. The summed E-state index contributed by atoms with van der Waals surface area (Å²) in [5.74, 6) is 0.945. The van der Waals surface area contributed by atoms with Gasteiger partial charge in [-0.25, -0.2) is 0 Å². The summed E-state index contributed by atoms with van der Waals surface area (Å²) in [5.41, 5.74) is 1.86. The Bertz CT molecular complexity index is 735. The molecule has 0 bridgehead atoms. The van der Waals surface area contributed by atoms with Crippen LogP contribution in [0.4, 0.5) is 0 Å². The van der Waals surface area contributed by atoms with Crippen molar-refractivity contribution in [3.05, 3.63) is 60.2 Å². The van der Waals surface area contributed by atoms with Crippen molar-refractivity contribution in [2.75, 3.05) is 6.54 Å². The molecule has 0 amide bonds. The highest BCUT2D eigenvalue weighted by molar-refractivity contribution is 5.81. The Kier molecular flexibility index (Phi) is 3.53. The predicted octanol–water partition coefficient (Wildman–Crippen LogP) is 2.90. The third-order valence-corrected chi connectivity index (χ3v) is 3.31. The second-order valence-corrected chi connectivity index (χ2v) is 4.65. The van der Waals surface area contributed by atoms with Crippen LogP contribution in [-0.2, 0) is 13.1 Å². The van der Waals surface area contributed by atoms with E-state index < -0.39 is 0 Å². The number of nitrogens with zero attached hydrogens (tertiary/aromatic N) is 2. The van der Waals surface area contributed by atoms with Gasteiger partial charge in [0.1, 0.15) is 5.76 Å². The van der Waals surface area contributed by atoms with Gasteiger partial charge in [-0.3, -0.25) is 0 Å². The molecule has 2 aromatic heterocycles. The summed E-state index contributed by atoms with van der Waals surface area (Å²) in [6, 6.07) is 13.8. The summed E-state index contributed by atoms with van der Waals surface area (Å²) < 4.78 is 7.45. The fraction of sp³-hybridized carbons (Fsp3) is 0.188. The van der Waals surface area contributed by atoms with E-state index >= 15 is 0 Å². The van der Waals surface area contributed by atoms with Crippen LogP contribution < -0.4 is 5.32 Å². The molecule has 0 aliphatic rings. The summed E-state index contributed by atoms with van der Waals surface area (Å²) in [6.45, 7) is 2.49. The number of furan rings is 1. The van der Waals surface area contributed by atoms with E-state index in [2.05, 4.69) is 22.1 Å². The quantitative estimate of drug-likeness (QED) is 0.722. The van der Waals surface area contributed by atoms with Gasteiger partial charge in [0.05, 0.1) is 24.4 Å². The highest BCUT2D eigenvalue weighted by Gasteiger charge is 2.02. The average molecular weight is 265 g/mol. The lowest BCUT2D eigenvalue weighted by molar-refractivity contribution is 0.477. The number of hydrogen-bond acceptors (Lipinski definition) is 3. The second kappa shape index (κ2) is 5.64. The SMILES string of the molecule is N#Cc1ccc2c(ccn2CCNCc2ccco2)c1. The molecule has 1 N–H and O–H groups in total. The molecular weight excluding hydrogens is 250 g/mol. The van der Waals surface area contributed by atoms with Gasteiger partial charge in [0, 0.05) is 30.2 Å². The van der Waals surface area contributed by atoms with E-state index in [1.165, 1.54) is 0 Å². The van der Waals surface area contributed by atoms with Crippen molar-refractivity contribution in [2.24, 2.45) is 0 Å². The first-order valence-corrected chi connectivity index (χ1v) is 6.59. The van der Waals surface area contributed by atoms with Crippen LogP contribution in [0.2, 0.25) is 0 Å². The molecule has 0 spiro atoms. The summed E-state index contributed by atoms with van der Waals surface area (Å²) in [7, 11) is 0. The summed E-state index contributed by atoms with van der Waals surface area (Å²) in [5, 5.41) is 13.3. The van der Waals surface area contributed by atoms with Crippen LogP contribution >= 0.6 is 0 Å². The fourth-order valence-corrected chi connectivity index (χ4v) is 2.29. The molecule has 0 aliphatic heterocycles. The van der Waals surface area contributed by atoms with Crippen LogP contribution in [0.5, 0.6) is 0 Å². The molecule has 1 aromatic carbocycles. The van der Waals surface area contributed by atoms with E-state index in [1.807, 2.05) is 36.4 Å². The second-order valence-electron chi connectivity index (χ2n) is 4.65. The number of nitriles is 1. The lowest BCUT2D eigenvalue weighted by atomic mass is 10.2. The summed E-state index contributed by atoms with van der Waals surface area (Å²) in [6.07, 6.45) is 3.74. The van der Waals surface area contributed by atoms with E-state index in [-0.39, 0.29) is 0 Å². The molecule has 0 saturated carbocycles. The van der Waals surface area contributed by atoms with Crippen molar-refractivity contribution in [3.63, 3.8) is 0 Å². The molecule has 0 radical (unpaired) electrons. The van der Waals surface area contributed by atoms with E-state index in [0.717, 1.165) is 36.3 Å². The summed E-state index contributed by atoms with van der Waals surface area (Å²) in [4.78, 5) is 0. The van der Waals surface area contributed by atoms with Crippen molar-refractivity contribution in [2.45, 2.75) is 13.1 Å². The van der Waals surface area contributed by atoms with E-state index in [9.17, 15) is 0 Å². The van der Waals surface area contributed by atoms with Gasteiger partial charge in [-0.1, -0.05) is 0 Å². The number of rotatable bonds is 5. The molecule has 0 aliphatic carbocycles. The van der Waals surface area contributed by atoms with Crippen molar-refractivity contribution in [1.82, 2.24) is 9.88 Å². The average Bonchev–Trinajstić information content (AvgIpc) is 3.12. The minimum atomic E-state index is 0.700. The van der Waals surface area contributed by atoms with Gasteiger partial charge in [-0.2, -0.15) is 5.26 Å². The Morgan fingerprint density at radius 1 is 1.25 bits per heavy atom. The maximum Gasteiger partial charge on any atom is 0.117 e. The van der Waals surface area contributed by atoms with E-state index in [4.69, 9.17) is 9.68 Å². The van der Waals surface area contributed by atoms with Crippen LogP contribution in [0.25, 0.3) is 10.9 Å². The topological polar surface area (TPSA) is 53.9 Å². The number of nitrogens with one attached hydrogen (secondary N) is 1. The number of aromatic nitrogens is 1. The Hall–Kier alpha value is -2.51. The molecule has 0 atom stereocenters. The first kappa shape index (κ1) is 12.5. The van der Waals surface area contributed by atoms with Crippen LogP contribution in [0.1, 0.15) is 11.3 Å². The smallest absolute Gasteiger partial charge is 0.117 e. The highest BCUT2D eigenvalue weighted by atomic mass is 16.3. The van der Waals surface area contributed by atoms with Gasteiger partial charge in [0.15, 0.2) is 0 Å². The Labute approximate surface area is 117 Å². The zero-order chi connectivity index (χ0) is 13.8. The molecule has 3 aromatic rings. The van der Waals surface area contributed by atoms with Crippen molar-refractivity contribution < 1.29 is 4.42 Å². The number of benzene rings is 1. The maximum atomic E-state index is 8.89. The minimum Gasteiger partial charge on any atom is -0.468 e. The fourth-order valence-electron chi connectivity index (χ4n) is 2.29. The van der Waals surface area contributed by atoms with E-state index in [0.29, 0.717) is 5.56 Å². The van der Waals surface area contributed by atoms with Gasteiger partial charge in [0.25, 0.3) is 0 Å². The largest absolute Gasteiger partial charge is 0.468 e. The van der Waals surface area contributed by atoms with Gasteiger partial charge in [-0.15, -0.1) is 0 Å². The van der Waals surface area contributed by atoms with Crippen molar-refractivity contribution >= 4 is 10.9 Å². The van der Waals surface area contributed by atoms with Crippen LogP contribution in [0.3, 0.4) is 0 Å². The zero-order valence-corrected chi connectivity index (χ0v) is 11.0. The lowest BCUT2D eigenvalue weighted by Crippen LogP contribution is -2.18. The molecule has 0 saturated heterocycles. The molecule has 0 fully saturated rings. The van der Waals surface area contributed by atoms with Crippen LogP contribution in [0, 0.1) is 11.3 Å². The monoisotopic (exact) mass is 265 g/mol. The normalized spacial score (nSPS) is 10.8. The van der Waals surface area contributed by atoms with Gasteiger partial charge in [0.2, 0.25) is 0 Å². The van der Waals surface area contributed by atoms with Crippen molar-refractivity contribution in [1.29, 1.82) is 5.26 Å². The molecule has 20 heavy (non-hydrogen) atoms. The Morgan fingerprint density at radius 2 is 2.20 bits per heavy atom. The number of fused-ring (bicyclic) bond motifs is 1. The first-order valence-electron chi connectivity index (χ1n) is 6.59. The van der Waals surface area contributed by atoms with Gasteiger partial charge >= 0.3 is 0 Å². The van der Waals surface area contributed by atoms with Crippen molar-refractivity contribution in [3.8, 4) is 6.07 Å². The Balaban J connectivity index is 1.62. The third-order valence-electron chi connectivity index (χ3n) is 3.31. The summed E-state index contributed by atoms with van der Waals surface area (Å²) >= 11 is 0. The zero-order valence-electron chi connectivity index (χ0n) is 11.0. The molecule has 100 valence electrons. The first-order chi connectivity index (χ1) is 9.86. The Morgan fingerprint density at radius 3 is 3.00 bits per heavy atom. The van der Waals surface area contributed by atoms with E-state index in [1.54, 1.807) is 6.26 Å². The highest BCUT2D eigenvalue weighted by Crippen LogP contribution is 2.17. The number of hydrogen-bond donors (Lipinski definition) is 1. The van der Waals surface area contributed by atoms with Crippen LogP contribution in [0.15, 0.2) is 53.3 Å². The molecular formula is C16H15N3O. The lowest BCUT2D eigenvalue weighted by Gasteiger charge is -2.06. The van der Waals surface area contributed by atoms with Gasteiger partial charge in [-0.05, 0) is 36.4 Å². The molecule has 3 rings (SSSR count). The standard InChI is InChI=1S/C16H15N3O/c17-11-13-3-4-16-14(10-13)5-7-19(16)8-6-18-12-15-2-1-9-20-15/h1-5,7,9-10,18H,6,8,12H2. The molecule has 4 nitrogen and oxygen atoms in total.